The van der Waals surface area contributed by atoms with Gasteiger partial charge in [0.1, 0.15) is 6.04 Å². The van der Waals surface area contributed by atoms with Gasteiger partial charge in [-0.15, -0.1) is 0 Å². The maximum Gasteiger partial charge on any atom is 0.416 e. The molecule has 0 aliphatic carbocycles. The molecule has 1 aromatic carbocycles. The largest absolute Gasteiger partial charge is 0.416 e. The molecule has 0 aliphatic rings. The Morgan fingerprint density at radius 2 is 1.96 bits per heavy atom. The van der Waals surface area contributed by atoms with E-state index in [1.807, 2.05) is 19.9 Å². The third-order valence-electron chi connectivity index (χ3n) is 3.73. The highest BCUT2D eigenvalue weighted by Gasteiger charge is 2.31. The van der Waals surface area contributed by atoms with Crippen LogP contribution in [-0.2, 0) is 17.5 Å². The second-order valence-electron chi connectivity index (χ2n) is 6.10. The molecule has 1 amide bonds. The molecule has 0 radical (unpaired) electrons. The van der Waals surface area contributed by atoms with Gasteiger partial charge in [-0.1, -0.05) is 31.5 Å². The molecule has 2 rings (SSSR count). The second-order valence-corrected chi connectivity index (χ2v) is 6.50. The van der Waals surface area contributed by atoms with Crippen LogP contribution in [0.3, 0.4) is 0 Å². The molecule has 0 spiro atoms. The van der Waals surface area contributed by atoms with Gasteiger partial charge in [0.25, 0.3) is 0 Å². The van der Waals surface area contributed by atoms with Crippen LogP contribution in [0.5, 0.6) is 0 Å². The lowest BCUT2D eigenvalue weighted by molar-refractivity contribution is -0.137. The number of amides is 1. The number of hydrogen-bond acceptors (Lipinski definition) is 3. The molecule has 0 saturated carbocycles. The SMILES string of the molecule is CC(C)[C@H](Nc1ccc(C(F)(F)F)cc1Cl)C(=O)NCc1ccccn1. The van der Waals surface area contributed by atoms with Crippen molar-refractivity contribution in [1.82, 2.24) is 10.3 Å². The van der Waals surface area contributed by atoms with E-state index in [9.17, 15) is 18.0 Å². The van der Waals surface area contributed by atoms with Crippen LogP contribution in [0.2, 0.25) is 5.02 Å². The Morgan fingerprint density at radius 3 is 2.50 bits per heavy atom. The zero-order valence-electron chi connectivity index (χ0n) is 14.3. The number of nitrogens with one attached hydrogen (secondary N) is 2. The summed E-state index contributed by atoms with van der Waals surface area (Å²) in [7, 11) is 0. The van der Waals surface area contributed by atoms with Gasteiger partial charge in [-0.05, 0) is 36.2 Å². The fraction of sp³-hybridized carbons (Fsp3) is 0.333. The molecule has 140 valence electrons. The first kappa shape index (κ1) is 20.0. The molecule has 4 nitrogen and oxygen atoms in total. The van der Waals surface area contributed by atoms with Gasteiger partial charge >= 0.3 is 6.18 Å². The Kier molecular flexibility index (Phi) is 6.47. The summed E-state index contributed by atoms with van der Waals surface area (Å²) in [5, 5.41) is 5.60. The fourth-order valence-corrected chi connectivity index (χ4v) is 2.54. The Hall–Kier alpha value is -2.28. The Morgan fingerprint density at radius 1 is 1.23 bits per heavy atom. The van der Waals surface area contributed by atoms with Gasteiger partial charge in [-0.3, -0.25) is 9.78 Å². The van der Waals surface area contributed by atoms with Crippen molar-refractivity contribution in [2.24, 2.45) is 5.92 Å². The monoisotopic (exact) mass is 385 g/mol. The summed E-state index contributed by atoms with van der Waals surface area (Å²) in [6.07, 6.45) is -2.85. The summed E-state index contributed by atoms with van der Waals surface area (Å²) in [5.74, 6) is -0.404. The molecule has 0 saturated heterocycles. The van der Waals surface area contributed by atoms with Crippen LogP contribution in [0.4, 0.5) is 18.9 Å². The van der Waals surface area contributed by atoms with E-state index in [0.717, 1.165) is 12.1 Å². The van der Waals surface area contributed by atoms with Gasteiger partial charge in [0.15, 0.2) is 0 Å². The van der Waals surface area contributed by atoms with Crippen LogP contribution < -0.4 is 10.6 Å². The molecule has 1 atom stereocenters. The topological polar surface area (TPSA) is 54.0 Å². The number of aromatic nitrogens is 1. The number of pyridine rings is 1. The molecule has 0 unspecified atom stereocenters. The van der Waals surface area contributed by atoms with E-state index < -0.39 is 17.8 Å². The molecular weight excluding hydrogens is 367 g/mol. The first-order valence-corrected chi connectivity index (χ1v) is 8.37. The van der Waals surface area contributed by atoms with E-state index in [-0.39, 0.29) is 29.1 Å². The van der Waals surface area contributed by atoms with Gasteiger partial charge in [-0.2, -0.15) is 13.2 Å². The van der Waals surface area contributed by atoms with E-state index in [2.05, 4.69) is 15.6 Å². The van der Waals surface area contributed by atoms with Gasteiger partial charge in [-0.25, -0.2) is 0 Å². The molecule has 8 heteroatoms. The highest BCUT2D eigenvalue weighted by molar-refractivity contribution is 6.33. The number of benzene rings is 1. The van der Waals surface area contributed by atoms with Crippen LogP contribution in [-0.4, -0.2) is 16.9 Å². The van der Waals surface area contributed by atoms with E-state index >= 15 is 0 Å². The molecule has 0 aliphatic heterocycles. The summed E-state index contributed by atoms with van der Waals surface area (Å²) < 4.78 is 38.2. The number of rotatable bonds is 6. The molecule has 26 heavy (non-hydrogen) atoms. The van der Waals surface area contributed by atoms with Crippen molar-refractivity contribution in [2.75, 3.05) is 5.32 Å². The van der Waals surface area contributed by atoms with Crippen LogP contribution in [0.25, 0.3) is 0 Å². The van der Waals surface area contributed by atoms with Crippen molar-refractivity contribution in [3.8, 4) is 0 Å². The van der Waals surface area contributed by atoms with E-state index in [0.29, 0.717) is 5.69 Å². The number of anilines is 1. The normalized spacial score (nSPS) is 12.7. The summed E-state index contributed by atoms with van der Waals surface area (Å²) in [6.45, 7) is 3.91. The molecule has 1 heterocycles. The first-order valence-electron chi connectivity index (χ1n) is 7.99. The summed E-state index contributed by atoms with van der Waals surface area (Å²) in [4.78, 5) is 16.6. The minimum absolute atomic E-state index is 0.0944. The maximum absolute atomic E-state index is 12.7. The Balaban J connectivity index is 2.09. The number of alkyl halides is 3. The number of hydrogen-bond donors (Lipinski definition) is 2. The lowest BCUT2D eigenvalue weighted by Gasteiger charge is -2.23. The molecule has 2 aromatic rings. The van der Waals surface area contributed by atoms with Crippen LogP contribution >= 0.6 is 11.6 Å². The third kappa shape index (κ3) is 5.36. The average molecular weight is 386 g/mol. The van der Waals surface area contributed by atoms with Crippen LogP contribution in [0.15, 0.2) is 42.6 Å². The predicted molar refractivity (Wildman–Crippen MR) is 94.8 cm³/mol. The first-order chi connectivity index (χ1) is 12.2. The zero-order valence-corrected chi connectivity index (χ0v) is 15.0. The van der Waals surface area contributed by atoms with Crippen molar-refractivity contribution in [1.29, 1.82) is 0 Å². The summed E-state index contributed by atoms with van der Waals surface area (Å²) in [5.41, 5.74) is 0.135. The Bertz CT molecular complexity index is 751. The van der Waals surface area contributed by atoms with Crippen molar-refractivity contribution >= 4 is 23.2 Å². The van der Waals surface area contributed by atoms with E-state index in [1.54, 1.807) is 18.3 Å². The second kappa shape index (κ2) is 8.40. The lowest BCUT2D eigenvalue weighted by atomic mass is 10.0. The summed E-state index contributed by atoms with van der Waals surface area (Å²) >= 11 is 5.96. The highest BCUT2D eigenvalue weighted by Crippen LogP contribution is 2.34. The zero-order chi connectivity index (χ0) is 19.3. The van der Waals surface area contributed by atoms with Gasteiger partial charge in [0.2, 0.25) is 5.91 Å². The quantitative estimate of drug-likeness (QED) is 0.769. The van der Waals surface area contributed by atoms with Crippen LogP contribution in [0, 0.1) is 5.92 Å². The molecular formula is C18H19ClF3N3O. The van der Waals surface area contributed by atoms with Crippen LogP contribution in [0.1, 0.15) is 25.1 Å². The number of carbonyl (C=O) groups is 1. The smallest absolute Gasteiger partial charge is 0.372 e. The van der Waals surface area contributed by atoms with Crippen molar-refractivity contribution in [3.63, 3.8) is 0 Å². The fourth-order valence-electron chi connectivity index (χ4n) is 2.30. The van der Waals surface area contributed by atoms with E-state index in [4.69, 9.17) is 11.6 Å². The van der Waals surface area contributed by atoms with Crippen molar-refractivity contribution < 1.29 is 18.0 Å². The molecule has 0 bridgehead atoms. The van der Waals surface area contributed by atoms with Gasteiger partial charge in [0.05, 0.1) is 28.5 Å². The molecule has 1 aromatic heterocycles. The third-order valence-corrected chi connectivity index (χ3v) is 4.04. The van der Waals surface area contributed by atoms with E-state index in [1.165, 1.54) is 6.07 Å². The molecule has 0 fully saturated rings. The number of carbonyl (C=O) groups excluding carboxylic acids is 1. The minimum Gasteiger partial charge on any atom is -0.372 e. The van der Waals surface area contributed by atoms with Gasteiger partial charge in [0, 0.05) is 6.20 Å². The summed E-state index contributed by atoms with van der Waals surface area (Å²) in [6, 6.07) is 7.71. The predicted octanol–water partition coefficient (Wildman–Crippen LogP) is 4.51. The van der Waals surface area contributed by atoms with Crippen molar-refractivity contribution in [3.05, 3.63) is 58.9 Å². The Labute approximate surface area is 154 Å². The highest BCUT2D eigenvalue weighted by atomic mass is 35.5. The maximum atomic E-state index is 12.7. The average Bonchev–Trinajstić information content (AvgIpc) is 2.58. The van der Waals surface area contributed by atoms with Gasteiger partial charge < -0.3 is 10.6 Å². The minimum atomic E-state index is -4.47. The number of halogens is 4. The standard InChI is InChI=1S/C18H19ClF3N3O/c1-11(2)16(17(26)24-10-13-5-3-4-8-23-13)25-15-7-6-12(9-14(15)19)18(20,21)22/h3-9,11,16,25H,10H2,1-2H3,(H,24,26)/t16-/m0/s1. The molecule has 2 N–H and O–H groups in total. The number of nitrogens with zero attached hydrogens (tertiary/aromatic N) is 1. The lowest BCUT2D eigenvalue weighted by Crippen LogP contribution is -2.42. The van der Waals surface area contributed by atoms with Crippen molar-refractivity contribution in [2.45, 2.75) is 32.6 Å².